The van der Waals surface area contributed by atoms with E-state index in [9.17, 15) is 19.7 Å². The summed E-state index contributed by atoms with van der Waals surface area (Å²) in [6.07, 6.45) is 1.07. The molecule has 2 N–H and O–H groups in total. The number of non-ortho nitro benzene ring substituents is 1. The summed E-state index contributed by atoms with van der Waals surface area (Å²) in [6.45, 7) is 0.594. The molecule has 0 spiro atoms. The topological polar surface area (TPSA) is 128 Å². The van der Waals surface area contributed by atoms with Gasteiger partial charge in [-0.05, 0) is 31.4 Å². The first kappa shape index (κ1) is 18.2. The summed E-state index contributed by atoms with van der Waals surface area (Å²) in [5, 5.41) is 21.1. The third-order valence-corrected chi connectivity index (χ3v) is 2.82. The van der Waals surface area contributed by atoms with Gasteiger partial charge in [-0.15, -0.1) is 0 Å². The average molecular weight is 326 g/mol. The van der Waals surface area contributed by atoms with Crippen LogP contribution in [0.25, 0.3) is 0 Å². The number of nitrogens with one attached hydrogen (secondary N) is 1. The van der Waals surface area contributed by atoms with E-state index in [1.165, 1.54) is 24.3 Å². The molecule has 0 aromatic heterocycles. The molecular weight excluding hydrogens is 308 g/mol. The van der Waals surface area contributed by atoms with Gasteiger partial charge in [0.15, 0.2) is 0 Å². The lowest BCUT2D eigenvalue weighted by molar-refractivity contribution is -0.384. The molecule has 1 aromatic carbocycles. The Kier molecular flexibility index (Phi) is 7.90. The van der Waals surface area contributed by atoms with Crippen LogP contribution < -0.4 is 10.1 Å². The standard InChI is InChI=1S/C14H18N2O7/c17-13(18)15-9-3-1-2-4-10-22-14(19)23-12-7-5-11(6-8-12)16(20)21/h5-8,15H,1-4,9-10H2,(H,17,18). The minimum atomic E-state index is -1.04. The molecule has 1 amide bonds. The predicted molar refractivity (Wildman–Crippen MR) is 79.6 cm³/mol. The van der Waals surface area contributed by atoms with Crippen LogP contribution in [-0.4, -0.2) is 35.4 Å². The van der Waals surface area contributed by atoms with E-state index in [1.54, 1.807) is 0 Å². The molecule has 9 nitrogen and oxygen atoms in total. The normalized spacial score (nSPS) is 9.91. The summed E-state index contributed by atoms with van der Waals surface area (Å²) < 4.78 is 9.73. The number of hydrogen-bond donors (Lipinski definition) is 2. The first-order valence-corrected chi connectivity index (χ1v) is 7.05. The number of nitrogens with zero attached hydrogens (tertiary/aromatic N) is 1. The molecular formula is C14H18N2O7. The molecule has 23 heavy (non-hydrogen) atoms. The molecule has 0 saturated carbocycles. The molecule has 126 valence electrons. The SMILES string of the molecule is O=C(O)NCCCCCCOC(=O)Oc1ccc([N+](=O)[O-])cc1. The zero-order valence-corrected chi connectivity index (χ0v) is 12.4. The number of carbonyl (C=O) groups excluding carboxylic acids is 1. The molecule has 0 aliphatic carbocycles. The fourth-order valence-corrected chi connectivity index (χ4v) is 1.69. The number of benzene rings is 1. The maximum absolute atomic E-state index is 11.4. The van der Waals surface area contributed by atoms with Crippen molar-refractivity contribution in [2.24, 2.45) is 0 Å². The number of nitro groups is 1. The maximum atomic E-state index is 11.4. The van der Waals surface area contributed by atoms with Gasteiger partial charge in [0.1, 0.15) is 5.75 Å². The summed E-state index contributed by atoms with van der Waals surface area (Å²) in [5.41, 5.74) is -0.0943. The lowest BCUT2D eigenvalue weighted by Crippen LogP contribution is -2.21. The van der Waals surface area contributed by atoms with E-state index in [0.29, 0.717) is 13.0 Å². The Hall–Kier alpha value is -2.84. The molecule has 0 aliphatic rings. The number of unbranched alkanes of at least 4 members (excludes halogenated alkanes) is 3. The van der Waals surface area contributed by atoms with Crippen LogP contribution >= 0.6 is 0 Å². The van der Waals surface area contributed by atoms with Crippen molar-refractivity contribution in [1.82, 2.24) is 5.32 Å². The molecule has 0 unspecified atom stereocenters. The van der Waals surface area contributed by atoms with E-state index in [1.807, 2.05) is 0 Å². The van der Waals surface area contributed by atoms with Crippen molar-refractivity contribution in [3.05, 3.63) is 34.4 Å². The van der Waals surface area contributed by atoms with Crippen molar-refractivity contribution in [3.8, 4) is 5.75 Å². The van der Waals surface area contributed by atoms with E-state index in [0.717, 1.165) is 19.3 Å². The Labute approximate surface area is 132 Å². The highest BCUT2D eigenvalue weighted by molar-refractivity contribution is 5.64. The van der Waals surface area contributed by atoms with Crippen LogP contribution in [0.3, 0.4) is 0 Å². The highest BCUT2D eigenvalue weighted by Gasteiger charge is 2.08. The lowest BCUT2D eigenvalue weighted by atomic mass is 10.2. The summed E-state index contributed by atoms with van der Waals surface area (Å²) in [6, 6.07) is 5.09. The number of ether oxygens (including phenoxy) is 2. The number of nitro benzene ring substituents is 1. The van der Waals surface area contributed by atoms with Crippen molar-refractivity contribution in [3.63, 3.8) is 0 Å². The van der Waals surface area contributed by atoms with Gasteiger partial charge >= 0.3 is 12.2 Å². The molecule has 0 radical (unpaired) electrons. The van der Waals surface area contributed by atoms with Crippen LogP contribution in [0.1, 0.15) is 25.7 Å². The Morgan fingerprint density at radius 3 is 2.39 bits per heavy atom. The highest BCUT2D eigenvalue weighted by Crippen LogP contribution is 2.17. The van der Waals surface area contributed by atoms with E-state index in [-0.39, 0.29) is 18.0 Å². The first-order chi connectivity index (χ1) is 11.0. The fraction of sp³-hybridized carbons (Fsp3) is 0.429. The van der Waals surface area contributed by atoms with Crippen LogP contribution in [0.15, 0.2) is 24.3 Å². The molecule has 1 rings (SSSR count). The fourth-order valence-electron chi connectivity index (χ4n) is 1.69. The van der Waals surface area contributed by atoms with E-state index >= 15 is 0 Å². The summed E-state index contributed by atoms with van der Waals surface area (Å²) >= 11 is 0. The monoisotopic (exact) mass is 326 g/mol. The second kappa shape index (κ2) is 9.98. The smallest absolute Gasteiger partial charge is 0.465 e. The van der Waals surface area contributed by atoms with Crippen molar-refractivity contribution >= 4 is 17.9 Å². The third kappa shape index (κ3) is 8.24. The first-order valence-electron chi connectivity index (χ1n) is 7.05. The maximum Gasteiger partial charge on any atom is 0.513 e. The number of hydrogen-bond acceptors (Lipinski definition) is 6. The molecule has 0 heterocycles. The Morgan fingerprint density at radius 1 is 1.13 bits per heavy atom. The Balaban J connectivity index is 2.10. The van der Waals surface area contributed by atoms with Crippen LogP contribution in [0.4, 0.5) is 15.3 Å². The van der Waals surface area contributed by atoms with E-state index in [2.05, 4.69) is 5.32 Å². The summed E-state index contributed by atoms with van der Waals surface area (Å²) in [4.78, 5) is 31.5. The largest absolute Gasteiger partial charge is 0.513 e. The lowest BCUT2D eigenvalue weighted by Gasteiger charge is -2.06. The zero-order chi connectivity index (χ0) is 17.1. The molecule has 0 saturated heterocycles. The summed E-state index contributed by atoms with van der Waals surface area (Å²) in [5.74, 6) is 0.167. The van der Waals surface area contributed by atoms with Gasteiger partial charge < -0.3 is 19.9 Å². The molecule has 0 bridgehead atoms. The molecule has 1 aromatic rings. The van der Waals surface area contributed by atoms with Gasteiger partial charge in [0.2, 0.25) is 0 Å². The van der Waals surface area contributed by atoms with Crippen LogP contribution in [0, 0.1) is 10.1 Å². The van der Waals surface area contributed by atoms with Crippen LogP contribution in [-0.2, 0) is 4.74 Å². The van der Waals surface area contributed by atoms with Crippen molar-refractivity contribution in [2.45, 2.75) is 25.7 Å². The van der Waals surface area contributed by atoms with E-state index in [4.69, 9.17) is 14.6 Å². The molecule has 0 atom stereocenters. The highest BCUT2D eigenvalue weighted by atomic mass is 16.7. The number of rotatable bonds is 9. The van der Waals surface area contributed by atoms with Gasteiger partial charge in [0.05, 0.1) is 11.5 Å². The minimum absolute atomic E-state index is 0.0943. The number of carbonyl (C=O) groups is 2. The third-order valence-electron chi connectivity index (χ3n) is 2.82. The van der Waals surface area contributed by atoms with Gasteiger partial charge in [0, 0.05) is 18.7 Å². The van der Waals surface area contributed by atoms with Crippen LogP contribution in [0.5, 0.6) is 5.75 Å². The van der Waals surface area contributed by atoms with Crippen molar-refractivity contribution < 1.29 is 29.1 Å². The van der Waals surface area contributed by atoms with Crippen molar-refractivity contribution in [1.29, 1.82) is 0 Å². The van der Waals surface area contributed by atoms with Crippen molar-refractivity contribution in [2.75, 3.05) is 13.2 Å². The van der Waals surface area contributed by atoms with Gasteiger partial charge in [-0.1, -0.05) is 6.42 Å². The van der Waals surface area contributed by atoms with Gasteiger partial charge in [0.25, 0.3) is 5.69 Å². The Bertz CT molecular complexity index is 530. The quantitative estimate of drug-likeness (QED) is 0.235. The molecule has 9 heteroatoms. The van der Waals surface area contributed by atoms with Gasteiger partial charge in [-0.3, -0.25) is 10.1 Å². The van der Waals surface area contributed by atoms with E-state index < -0.39 is 17.2 Å². The van der Waals surface area contributed by atoms with Gasteiger partial charge in [-0.25, -0.2) is 9.59 Å². The number of amides is 1. The zero-order valence-electron chi connectivity index (χ0n) is 12.4. The van der Waals surface area contributed by atoms with Gasteiger partial charge in [-0.2, -0.15) is 0 Å². The predicted octanol–water partition coefficient (Wildman–Crippen LogP) is 2.94. The molecule has 0 aliphatic heterocycles. The Morgan fingerprint density at radius 2 is 1.78 bits per heavy atom. The average Bonchev–Trinajstić information content (AvgIpc) is 2.50. The second-order valence-electron chi connectivity index (χ2n) is 4.60. The molecule has 0 fully saturated rings. The van der Waals surface area contributed by atoms with Crippen LogP contribution in [0.2, 0.25) is 0 Å². The minimum Gasteiger partial charge on any atom is -0.465 e. The second-order valence-corrected chi connectivity index (χ2v) is 4.60. The summed E-state index contributed by atoms with van der Waals surface area (Å²) in [7, 11) is 0. The number of carboxylic acid groups (broad SMARTS) is 1.